The zero-order valence-electron chi connectivity index (χ0n) is 9.01. The van der Waals surface area contributed by atoms with Crippen LogP contribution in [0, 0.1) is 5.92 Å². The number of H-pyrrole nitrogens is 1. The first-order valence-electron chi connectivity index (χ1n) is 5.58. The smallest absolute Gasteiger partial charge is 0.0925 e. The maximum Gasteiger partial charge on any atom is 0.0925 e. The maximum absolute atomic E-state index is 4.42. The Balaban J connectivity index is 2.15. The number of aromatic nitrogens is 2. The number of rotatable bonds is 3. The van der Waals surface area contributed by atoms with Gasteiger partial charge >= 0.3 is 0 Å². The number of fused-ring (bicyclic) bond motifs is 1. The van der Waals surface area contributed by atoms with Crippen LogP contribution in [0.2, 0.25) is 0 Å². The van der Waals surface area contributed by atoms with Crippen LogP contribution in [-0.4, -0.2) is 16.5 Å². The van der Waals surface area contributed by atoms with Crippen LogP contribution in [0.5, 0.6) is 0 Å². The Kier molecular flexibility index (Phi) is 2.87. The van der Waals surface area contributed by atoms with E-state index in [-0.39, 0.29) is 0 Å². The highest BCUT2D eigenvalue weighted by Crippen LogP contribution is 2.28. The topological polar surface area (TPSA) is 40.7 Å². The van der Waals surface area contributed by atoms with Gasteiger partial charge in [0.2, 0.25) is 0 Å². The minimum Gasteiger partial charge on any atom is -0.348 e. The number of nitrogens with zero attached hydrogens (tertiary/aromatic N) is 1. The maximum atomic E-state index is 4.42. The first kappa shape index (κ1) is 9.71. The molecule has 0 bridgehead atoms. The third kappa shape index (κ3) is 1.69. The van der Waals surface area contributed by atoms with E-state index in [4.69, 9.17) is 0 Å². The van der Waals surface area contributed by atoms with Gasteiger partial charge in [-0.2, -0.15) is 0 Å². The van der Waals surface area contributed by atoms with Crippen molar-refractivity contribution in [3.8, 4) is 0 Å². The van der Waals surface area contributed by atoms with Gasteiger partial charge in [-0.05, 0) is 12.3 Å². The highest BCUT2D eigenvalue weighted by Gasteiger charge is 2.26. The molecule has 0 amide bonds. The summed E-state index contributed by atoms with van der Waals surface area (Å²) in [5, 5.41) is 3.56. The van der Waals surface area contributed by atoms with Gasteiger partial charge in [-0.25, -0.2) is 4.98 Å². The summed E-state index contributed by atoms with van der Waals surface area (Å²) in [5.74, 6) is 0.683. The van der Waals surface area contributed by atoms with E-state index in [9.17, 15) is 0 Å². The molecule has 2 rings (SSSR count). The minimum atomic E-state index is 0.463. The lowest BCUT2D eigenvalue weighted by molar-refractivity contribution is 0.343. The Morgan fingerprint density at radius 3 is 3.29 bits per heavy atom. The lowest BCUT2D eigenvalue weighted by Crippen LogP contribution is -2.34. The summed E-state index contributed by atoms with van der Waals surface area (Å²) >= 11 is 0. The molecule has 1 aliphatic rings. The first-order valence-corrected chi connectivity index (χ1v) is 5.58. The van der Waals surface area contributed by atoms with Gasteiger partial charge in [0.1, 0.15) is 0 Å². The molecule has 2 N–H and O–H groups in total. The summed E-state index contributed by atoms with van der Waals surface area (Å²) in [6.07, 6.45) is 5.43. The van der Waals surface area contributed by atoms with E-state index in [0.717, 1.165) is 13.0 Å². The molecule has 0 radical (unpaired) electrons. The summed E-state index contributed by atoms with van der Waals surface area (Å²) < 4.78 is 0. The predicted octanol–water partition coefficient (Wildman–Crippen LogP) is 2.03. The number of aromatic amines is 1. The molecule has 78 valence electrons. The highest BCUT2D eigenvalue weighted by atomic mass is 15.0. The van der Waals surface area contributed by atoms with Crippen LogP contribution in [0.25, 0.3) is 0 Å². The van der Waals surface area contributed by atoms with Crippen LogP contribution >= 0.6 is 0 Å². The fraction of sp³-hybridized carbons (Fsp3) is 0.727. The predicted molar refractivity (Wildman–Crippen MR) is 57.1 cm³/mol. The van der Waals surface area contributed by atoms with Gasteiger partial charge in [0.15, 0.2) is 0 Å². The van der Waals surface area contributed by atoms with Crippen molar-refractivity contribution in [2.45, 2.75) is 39.2 Å². The van der Waals surface area contributed by atoms with Crippen molar-refractivity contribution in [2.75, 3.05) is 6.54 Å². The molecule has 0 aromatic carbocycles. The van der Waals surface area contributed by atoms with Gasteiger partial charge in [0.05, 0.1) is 18.1 Å². The van der Waals surface area contributed by atoms with Crippen LogP contribution in [0.1, 0.15) is 44.1 Å². The molecule has 0 fully saturated rings. The molecular formula is C11H19N3. The van der Waals surface area contributed by atoms with Crippen molar-refractivity contribution in [1.82, 2.24) is 15.3 Å². The summed E-state index contributed by atoms with van der Waals surface area (Å²) in [5.41, 5.74) is 2.58. The molecule has 3 heteroatoms. The second-order valence-electron chi connectivity index (χ2n) is 4.21. The summed E-state index contributed by atoms with van der Waals surface area (Å²) in [7, 11) is 0. The van der Waals surface area contributed by atoms with E-state index in [1.807, 2.05) is 6.33 Å². The standard InChI is InChI=1S/C11H19N3/c1-3-4-8(2)10-11-9(5-6-12-10)13-7-14-11/h7-8,10,12H,3-6H2,1-2H3,(H,13,14). The molecule has 0 aliphatic carbocycles. The molecule has 0 saturated heterocycles. The zero-order chi connectivity index (χ0) is 9.97. The number of nitrogens with one attached hydrogen (secondary N) is 2. The average Bonchev–Trinajstić information content (AvgIpc) is 2.65. The van der Waals surface area contributed by atoms with Crippen LogP contribution < -0.4 is 5.32 Å². The van der Waals surface area contributed by atoms with E-state index < -0.39 is 0 Å². The van der Waals surface area contributed by atoms with Gasteiger partial charge < -0.3 is 10.3 Å². The lowest BCUT2D eigenvalue weighted by atomic mass is 9.91. The molecule has 1 aromatic rings. The van der Waals surface area contributed by atoms with Gasteiger partial charge in [-0.15, -0.1) is 0 Å². The Morgan fingerprint density at radius 2 is 2.50 bits per heavy atom. The summed E-state index contributed by atoms with van der Waals surface area (Å²) in [6.45, 7) is 5.63. The molecular weight excluding hydrogens is 174 g/mol. The fourth-order valence-electron chi connectivity index (χ4n) is 2.34. The van der Waals surface area contributed by atoms with E-state index in [1.54, 1.807) is 0 Å². The van der Waals surface area contributed by atoms with Crippen LogP contribution in [0.4, 0.5) is 0 Å². The van der Waals surface area contributed by atoms with E-state index in [0.29, 0.717) is 12.0 Å². The first-order chi connectivity index (χ1) is 6.83. The largest absolute Gasteiger partial charge is 0.348 e. The summed E-state index contributed by atoms with van der Waals surface area (Å²) in [6, 6.07) is 0.463. The average molecular weight is 193 g/mol. The molecule has 3 nitrogen and oxygen atoms in total. The Morgan fingerprint density at radius 1 is 1.64 bits per heavy atom. The van der Waals surface area contributed by atoms with Crippen LogP contribution in [-0.2, 0) is 6.42 Å². The van der Waals surface area contributed by atoms with Gasteiger partial charge in [-0.3, -0.25) is 0 Å². The van der Waals surface area contributed by atoms with Crippen molar-refractivity contribution in [3.63, 3.8) is 0 Å². The zero-order valence-corrected chi connectivity index (χ0v) is 9.01. The second-order valence-corrected chi connectivity index (χ2v) is 4.21. The Bertz CT molecular complexity index is 292. The van der Waals surface area contributed by atoms with E-state index >= 15 is 0 Å². The van der Waals surface area contributed by atoms with Crippen molar-refractivity contribution < 1.29 is 0 Å². The normalized spacial score (nSPS) is 23.1. The SMILES string of the molecule is CCCC(C)C1NCCc2[nH]cnc21. The molecule has 0 saturated carbocycles. The van der Waals surface area contributed by atoms with Gasteiger partial charge in [0, 0.05) is 18.7 Å². The monoisotopic (exact) mass is 193 g/mol. The fourth-order valence-corrected chi connectivity index (χ4v) is 2.34. The molecule has 14 heavy (non-hydrogen) atoms. The van der Waals surface area contributed by atoms with Crippen LogP contribution in [0.15, 0.2) is 6.33 Å². The second kappa shape index (κ2) is 4.13. The highest BCUT2D eigenvalue weighted by molar-refractivity contribution is 5.19. The number of imidazole rings is 1. The Labute approximate surface area is 85.3 Å². The molecule has 2 unspecified atom stereocenters. The van der Waals surface area contributed by atoms with Gasteiger partial charge in [0.25, 0.3) is 0 Å². The molecule has 1 aliphatic heterocycles. The minimum absolute atomic E-state index is 0.463. The number of hydrogen-bond acceptors (Lipinski definition) is 2. The van der Waals surface area contributed by atoms with E-state index in [2.05, 4.69) is 29.1 Å². The Hall–Kier alpha value is -0.830. The van der Waals surface area contributed by atoms with Crippen LogP contribution in [0.3, 0.4) is 0 Å². The lowest BCUT2D eigenvalue weighted by Gasteiger charge is -2.28. The summed E-state index contributed by atoms with van der Waals surface area (Å²) in [4.78, 5) is 7.66. The van der Waals surface area contributed by atoms with Crippen molar-refractivity contribution in [2.24, 2.45) is 5.92 Å². The molecule has 1 aromatic heterocycles. The molecule has 2 atom stereocenters. The molecule has 2 heterocycles. The third-order valence-corrected chi connectivity index (χ3v) is 3.10. The molecule has 0 spiro atoms. The van der Waals surface area contributed by atoms with Gasteiger partial charge in [-0.1, -0.05) is 20.3 Å². The van der Waals surface area contributed by atoms with Crippen molar-refractivity contribution in [3.05, 3.63) is 17.7 Å². The van der Waals surface area contributed by atoms with Crippen molar-refractivity contribution in [1.29, 1.82) is 0 Å². The third-order valence-electron chi connectivity index (χ3n) is 3.10. The number of hydrogen-bond donors (Lipinski definition) is 2. The van der Waals surface area contributed by atoms with E-state index in [1.165, 1.54) is 24.2 Å². The van der Waals surface area contributed by atoms with Crippen molar-refractivity contribution >= 4 is 0 Å². The quantitative estimate of drug-likeness (QED) is 0.771.